The number of sulfonamides is 2. The number of amides is 1. The van der Waals surface area contributed by atoms with Crippen LogP contribution in [0.3, 0.4) is 0 Å². The third-order valence-corrected chi connectivity index (χ3v) is 11.1. The second kappa shape index (κ2) is 16.0. The van der Waals surface area contributed by atoms with Crippen molar-refractivity contribution in [3.05, 3.63) is 70.2 Å². The lowest BCUT2D eigenvalue weighted by molar-refractivity contribution is -0.115. The maximum Gasteiger partial charge on any atom is 0.340 e. The number of fused-ring (bicyclic) bond motifs is 1. The highest BCUT2D eigenvalue weighted by atomic mass is 35.5. The molecule has 0 bridgehead atoms. The number of methoxy groups -OCH3 is 2. The van der Waals surface area contributed by atoms with Gasteiger partial charge < -0.3 is 19.5 Å². The molecular weight excluding hydrogens is 744 g/mol. The van der Waals surface area contributed by atoms with Crippen molar-refractivity contribution in [2.24, 2.45) is 21.0 Å². The summed E-state index contributed by atoms with van der Waals surface area (Å²) in [6, 6.07) is 12.5. The predicted molar refractivity (Wildman–Crippen MR) is 204 cm³/mol. The summed E-state index contributed by atoms with van der Waals surface area (Å²) >= 11 is 6.32. The van der Waals surface area contributed by atoms with Crippen LogP contribution in [0.15, 0.2) is 63.3 Å². The van der Waals surface area contributed by atoms with Crippen molar-refractivity contribution in [2.45, 2.75) is 77.0 Å². The molecule has 0 radical (unpaired) electrons. The molecule has 16 heteroatoms. The number of esters is 1. The smallest absolute Gasteiger partial charge is 0.340 e. The number of amidine groups is 1. The molecule has 1 heterocycles. The summed E-state index contributed by atoms with van der Waals surface area (Å²) in [6.07, 6.45) is 1.21. The first-order chi connectivity index (χ1) is 24.5. The number of nitrogens with one attached hydrogen (secondary N) is 1. The number of hydrogen-bond acceptors (Lipinski definition) is 10. The number of benzene rings is 3. The molecule has 13 nitrogen and oxygen atoms in total. The molecule has 0 spiro atoms. The third kappa shape index (κ3) is 10.5. The first-order valence-corrected chi connectivity index (χ1v) is 20.2. The molecule has 3 aromatic rings. The average Bonchev–Trinajstić information content (AvgIpc) is 3.03. The van der Waals surface area contributed by atoms with E-state index in [1.807, 2.05) is 12.1 Å². The van der Waals surface area contributed by atoms with Gasteiger partial charge in [-0.05, 0) is 59.1 Å². The van der Waals surface area contributed by atoms with E-state index in [0.717, 1.165) is 34.8 Å². The molecule has 288 valence electrons. The Kier molecular flexibility index (Phi) is 12.6. The van der Waals surface area contributed by atoms with Gasteiger partial charge in [0.15, 0.2) is 0 Å². The number of anilines is 1. The zero-order valence-electron chi connectivity index (χ0n) is 31.2. The number of hydrogen-bond donors (Lipinski definition) is 2. The fraction of sp³-hybridized carbons (Fsp3) is 0.432. The summed E-state index contributed by atoms with van der Waals surface area (Å²) in [7, 11) is -6.49. The van der Waals surface area contributed by atoms with Gasteiger partial charge in [0, 0.05) is 19.0 Å². The Bertz CT molecular complexity index is 2140. The highest BCUT2D eigenvalue weighted by Gasteiger charge is 2.38. The van der Waals surface area contributed by atoms with E-state index in [1.165, 1.54) is 38.0 Å². The van der Waals surface area contributed by atoms with Gasteiger partial charge >= 0.3 is 5.97 Å². The number of para-hydroxylation sites is 1. The van der Waals surface area contributed by atoms with Crippen molar-refractivity contribution in [2.75, 3.05) is 32.7 Å². The van der Waals surface area contributed by atoms with Crippen molar-refractivity contribution in [1.29, 1.82) is 0 Å². The number of ether oxygens (including phenoxy) is 3. The molecule has 0 saturated heterocycles. The van der Waals surface area contributed by atoms with Gasteiger partial charge in [0.05, 0.1) is 48.4 Å². The topological polar surface area (TPSA) is 184 Å². The molecule has 0 aromatic heterocycles. The van der Waals surface area contributed by atoms with E-state index in [0.29, 0.717) is 5.75 Å². The number of nitrogens with zero attached hydrogens (tertiary/aromatic N) is 2. The quantitative estimate of drug-likeness (QED) is 0.144. The van der Waals surface area contributed by atoms with E-state index in [-0.39, 0.29) is 63.9 Å². The van der Waals surface area contributed by atoms with Gasteiger partial charge in [-0.3, -0.25) is 9.10 Å². The van der Waals surface area contributed by atoms with Crippen molar-refractivity contribution in [3.8, 4) is 11.5 Å². The molecule has 1 aliphatic rings. The monoisotopic (exact) mass is 790 g/mol. The summed E-state index contributed by atoms with van der Waals surface area (Å²) in [5, 5.41) is 7.99. The molecule has 0 atom stereocenters. The second-order valence-corrected chi connectivity index (χ2v) is 18.9. The van der Waals surface area contributed by atoms with E-state index >= 15 is 0 Å². The van der Waals surface area contributed by atoms with Crippen LogP contribution >= 0.6 is 11.6 Å². The Labute approximate surface area is 317 Å². The highest BCUT2D eigenvalue weighted by Crippen LogP contribution is 2.42. The van der Waals surface area contributed by atoms with Gasteiger partial charge in [-0.25, -0.2) is 31.8 Å². The number of nitrogens with two attached hydrogens (primary N) is 1. The lowest BCUT2D eigenvalue weighted by Crippen LogP contribution is -2.42. The van der Waals surface area contributed by atoms with Crippen molar-refractivity contribution >= 4 is 60.7 Å². The molecule has 0 saturated carbocycles. The van der Waals surface area contributed by atoms with Gasteiger partial charge in [-0.15, -0.1) is 0 Å². The molecule has 0 fully saturated rings. The molecule has 0 unspecified atom stereocenters. The second-order valence-electron chi connectivity index (χ2n) is 15.1. The van der Waals surface area contributed by atoms with E-state index in [2.05, 4.69) is 57.9 Å². The SMILES string of the molecule is COC(=O)c1cccc(Cl)c1NC(=O)CC1=Nc2c(OC)cc(S(N)(=O)=O)cc2S(=O)(=O)N1CCCOc1ccc(CC(C)(C)C)cc1CC(C)(C)C. The zero-order chi connectivity index (χ0) is 39.5. The Morgan fingerprint density at radius 2 is 1.64 bits per heavy atom. The summed E-state index contributed by atoms with van der Waals surface area (Å²) in [5.74, 6) is -1.19. The molecule has 4 rings (SSSR count). The Hall–Kier alpha value is -4.18. The molecule has 1 aliphatic heterocycles. The molecule has 0 aliphatic carbocycles. The van der Waals surface area contributed by atoms with Crippen LogP contribution in [-0.2, 0) is 42.4 Å². The molecule has 53 heavy (non-hydrogen) atoms. The Balaban J connectivity index is 1.68. The van der Waals surface area contributed by atoms with Crippen LogP contribution in [0.1, 0.15) is 75.9 Å². The van der Waals surface area contributed by atoms with Gasteiger partial charge in [-0.2, -0.15) is 0 Å². The largest absolute Gasteiger partial charge is 0.494 e. The Morgan fingerprint density at radius 1 is 0.962 bits per heavy atom. The van der Waals surface area contributed by atoms with Gasteiger partial charge in [-0.1, -0.05) is 71.3 Å². The zero-order valence-corrected chi connectivity index (χ0v) is 33.6. The number of carbonyl (C=O) groups is 2. The van der Waals surface area contributed by atoms with E-state index in [4.69, 9.17) is 31.0 Å². The highest BCUT2D eigenvalue weighted by molar-refractivity contribution is 7.90. The van der Waals surface area contributed by atoms with Crippen LogP contribution in [0.5, 0.6) is 11.5 Å². The number of primary sulfonamides is 1. The third-order valence-electron chi connectivity index (χ3n) is 8.00. The van der Waals surface area contributed by atoms with Crippen LogP contribution in [0.4, 0.5) is 11.4 Å². The number of halogens is 1. The van der Waals surface area contributed by atoms with E-state index in [1.54, 1.807) is 0 Å². The number of aliphatic imine (C=N–C) groups is 1. The van der Waals surface area contributed by atoms with Crippen LogP contribution in [0.25, 0.3) is 0 Å². The summed E-state index contributed by atoms with van der Waals surface area (Å²) in [4.78, 5) is 29.4. The van der Waals surface area contributed by atoms with Crippen molar-refractivity contribution in [3.63, 3.8) is 0 Å². The Morgan fingerprint density at radius 3 is 2.25 bits per heavy atom. The van der Waals surface area contributed by atoms with E-state index in [9.17, 15) is 26.4 Å². The predicted octanol–water partition coefficient (Wildman–Crippen LogP) is 6.49. The van der Waals surface area contributed by atoms with Crippen LogP contribution in [0, 0.1) is 10.8 Å². The minimum Gasteiger partial charge on any atom is -0.494 e. The van der Waals surface area contributed by atoms with Crippen LogP contribution < -0.4 is 19.9 Å². The normalized spacial score (nSPS) is 14.2. The lowest BCUT2D eigenvalue weighted by atomic mass is 9.84. The molecule has 3 N–H and O–H groups in total. The summed E-state index contributed by atoms with van der Waals surface area (Å²) in [5.41, 5.74) is 2.04. The average molecular weight is 791 g/mol. The van der Waals surface area contributed by atoms with Gasteiger partial charge in [0.25, 0.3) is 10.0 Å². The minimum atomic E-state index is -4.53. The minimum absolute atomic E-state index is 0.0135. The van der Waals surface area contributed by atoms with Crippen LogP contribution in [-0.4, -0.2) is 66.2 Å². The van der Waals surface area contributed by atoms with Crippen molar-refractivity contribution < 1.29 is 40.6 Å². The molecular formula is C37H47ClN4O9S2. The molecule has 1 amide bonds. The number of rotatable bonds is 13. The van der Waals surface area contributed by atoms with Gasteiger partial charge in [0.1, 0.15) is 27.9 Å². The van der Waals surface area contributed by atoms with Crippen LogP contribution in [0.2, 0.25) is 5.02 Å². The molecule has 3 aromatic carbocycles. The first-order valence-electron chi connectivity index (χ1n) is 16.8. The first kappa shape index (κ1) is 41.6. The standard InChI is InChI=1S/C37H47ClN4O9S2/c1-36(2,3)21-23-13-14-28(24(17-23)22-37(4,5)6)51-16-10-15-42-31(20-32(43)41-33-26(35(44)50-8)11-9-12-27(33)38)40-34-29(49-7)18-25(52(39,45)46)19-30(34)53(42,47)48/h9,11-14,17-19H,10,15-16,20-22H2,1-8H3,(H,41,43)(H2,39,45,46). The van der Waals surface area contributed by atoms with Crippen molar-refractivity contribution in [1.82, 2.24) is 4.31 Å². The lowest BCUT2D eigenvalue weighted by Gasteiger charge is -2.30. The maximum absolute atomic E-state index is 14.3. The van der Waals surface area contributed by atoms with Gasteiger partial charge in [0.2, 0.25) is 15.9 Å². The maximum atomic E-state index is 14.3. The van der Waals surface area contributed by atoms with E-state index < -0.39 is 48.1 Å². The fourth-order valence-corrected chi connectivity index (χ4v) is 8.36. The fourth-order valence-electron chi connectivity index (χ4n) is 5.86. The number of carbonyl (C=O) groups excluding carboxylic acids is 2. The summed E-state index contributed by atoms with van der Waals surface area (Å²) < 4.78 is 70.4. The summed E-state index contributed by atoms with van der Waals surface area (Å²) in [6.45, 7) is 12.9.